The predicted octanol–water partition coefficient (Wildman–Crippen LogP) is 6.98. The van der Waals surface area contributed by atoms with Crippen molar-refractivity contribution in [2.24, 2.45) is 0 Å². The molecular formula is C28H27Cl2F3N6O3. The first kappa shape index (κ1) is 29.6. The molecule has 222 valence electrons. The molecule has 2 aromatic heterocycles. The van der Waals surface area contributed by atoms with Gasteiger partial charge in [0.15, 0.2) is 23.2 Å². The van der Waals surface area contributed by atoms with Gasteiger partial charge >= 0.3 is 6.18 Å². The second-order valence-electron chi connectivity index (χ2n) is 9.82. The van der Waals surface area contributed by atoms with E-state index >= 15 is 0 Å². The quantitative estimate of drug-likeness (QED) is 0.231. The summed E-state index contributed by atoms with van der Waals surface area (Å²) in [7, 11) is 2.93. The molecule has 1 amide bonds. The monoisotopic (exact) mass is 622 g/mol. The molecule has 0 saturated heterocycles. The van der Waals surface area contributed by atoms with E-state index in [0.717, 1.165) is 4.68 Å². The van der Waals surface area contributed by atoms with Gasteiger partial charge in [0.25, 0.3) is 5.91 Å². The predicted molar refractivity (Wildman–Crippen MR) is 153 cm³/mol. The van der Waals surface area contributed by atoms with Crippen molar-refractivity contribution in [3.63, 3.8) is 0 Å². The van der Waals surface area contributed by atoms with Crippen molar-refractivity contribution in [1.29, 1.82) is 0 Å². The van der Waals surface area contributed by atoms with Gasteiger partial charge in [0.1, 0.15) is 5.82 Å². The summed E-state index contributed by atoms with van der Waals surface area (Å²) in [5, 5.41) is 15.3. The SMILES string of the molecule is COc1ccc([C@@H]2C[C@H](C(F)(F)F)n3nc(C(=O)Nc4c(C)nn(Cc5c(Cl)cccc5Cl)c4C)cc3N2)cc1OC. The summed E-state index contributed by atoms with van der Waals surface area (Å²) in [5.74, 6) is 0.231. The largest absolute Gasteiger partial charge is 0.493 e. The molecule has 0 bridgehead atoms. The highest BCUT2D eigenvalue weighted by Gasteiger charge is 2.47. The first-order valence-corrected chi connectivity index (χ1v) is 13.6. The lowest BCUT2D eigenvalue weighted by Crippen LogP contribution is -2.35. The van der Waals surface area contributed by atoms with Crippen LogP contribution in [0.25, 0.3) is 0 Å². The average molecular weight is 623 g/mol. The van der Waals surface area contributed by atoms with Crippen LogP contribution in [-0.4, -0.2) is 45.9 Å². The number of hydrogen-bond donors (Lipinski definition) is 2. The van der Waals surface area contributed by atoms with Gasteiger partial charge in [0.05, 0.1) is 43.9 Å². The van der Waals surface area contributed by atoms with Gasteiger partial charge in [-0.1, -0.05) is 35.3 Å². The van der Waals surface area contributed by atoms with Crippen molar-refractivity contribution in [2.75, 3.05) is 24.9 Å². The minimum atomic E-state index is -4.61. The number of ether oxygens (including phenoxy) is 2. The van der Waals surface area contributed by atoms with Crippen LogP contribution in [0.4, 0.5) is 24.7 Å². The van der Waals surface area contributed by atoms with Gasteiger partial charge in [-0.3, -0.25) is 9.48 Å². The van der Waals surface area contributed by atoms with E-state index < -0.39 is 24.2 Å². The van der Waals surface area contributed by atoms with Crippen molar-refractivity contribution in [1.82, 2.24) is 19.6 Å². The van der Waals surface area contributed by atoms with Gasteiger partial charge in [-0.2, -0.15) is 23.4 Å². The van der Waals surface area contributed by atoms with Crippen LogP contribution in [0.1, 0.15) is 51.5 Å². The highest BCUT2D eigenvalue weighted by molar-refractivity contribution is 6.36. The van der Waals surface area contributed by atoms with Crippen molar-refractivity contribution in [2.45, 2.75) is 45.1 Å². The minimum Gasteiger partial charge on any atom is -0.493 e. The van der Waals surface area contributed by atoms with Crippen LogP contribution in [0.15, 0.2) is 42.5 Å². The van der Waals surface area contributed by atoms with Gasteiger partial charge in [0, 0.05) is 28.1 Å². The Hall–Kier alpha value is -3.90. The van der Waals surface area contributed by atoms with Gasteiger partial charge in [0.2, 0.25) is 0 Å². The van der Waals surface area contributed by atoms with Crippen LogP contribution in [0.5, 0.6) is 11.5 Å². The van der Waals surface area contributed by atoms with Crippen molar-refractivity contribution >= 4 is 40.6 Å². The number of amides is 1. The molecular weight excluding hydrogens is 596 g/mol. The zero-order valence-corrected chi connectivity index (χ0v) is 24.5. The average Bonchev–Trinajstić information content (AvgIpc) is 3.50. The van der Waals surface area contributed by atoms with Crippen LogP contribution in [-0.2, 0) is 6.54 Å². The molecule has 2 atom stereocenters. The Morgan fingerprint density at radius 1 is 1.07 bits per heavy atom. The summed E-state index contributed by atoms with van der Waals surface area (Å²) in [4.78, 5) is 13.3. The lowest BCUT2D eigenvalue weighted by Gasteiger charge is -2.33. The lowest BCUT2D eigenvalue weighted by molar-refractivity contribution is -0.173. The smallest absolute Gasteiger partial charge is 0.410 e. The number of carbonyl (C=O) groups is 1. The van der Waals surface area contributed by atoms with Crippen LogP contribution in [0.3, 0.4) is 0 Å². The number of methoxy groups -OCH3 is 2. The number of hydrogen-bond acceptors (Lipinski definition) is 6. The molecule has 0 radical (unpaired) electrons. The number of alkyl halides is 3. The van der Waals surface area contributed by atoms with E-state index in [1.54, 1.807) is 54.9 Å². The summed E-state index contributed by atoms with van der Waals surface area (Å²) in [6.45, 7) is 3.72. The lowest BCUT2D eigenvalue weighted by atomic mass is 9.96. The maximum Gasteiger partial charge on any atom is 0.410 e. The van der Waals surface area contributed by atoms with Crippen LogP contribution in [0.2, 0.25) is 10.0 Å². The molecule has 0 saturated carbocycles. The maximum absolute atomic E-state index is 14.2. The number of nitrogens with one attached hydrogen (secondary N) is 2. The molecule has 4 aromatic rings. The fourth-order valence-corrected chi connectivity index (χ4v) is 5.53. The van der Waals surface area contributed by atoms with Gasteiger partial charge in [-0.15, -0.1) is 0 Å². The number of fused-ring (bicyclic) bond motifs is 1. The molecule has 5 rings (SSSR count). The number of rotatable bonds is 7. The van der Waals surface area contributed by atoms with E-state index in [1.807, 2.05) is 0 Å². The number of nitrogens with zero attached hydrogens (tertiary/aromatic N) is 4. The third-order valence-electron chi connectivity index (χ3n) is 7.22. The third-order valence-corrected chi connectivity index (χ3v) is 7.93. The van der Waals surface area contributed by atoms with E-state index in [-0.39, 0.29) is 24.5 Å². The molecule has 42 heavy (non-hydrogen) atoms. The Bertz CT molecular complexity index is 1630. The van der Waals surface area contributed by atoms with Crippen molar-refractivity contribution in [3.05, 3.63) is 80.7 Å². The zero-order valence-electron chi connectivity index (χ0n) is 23.0. The Morgan fingerprint density at radius 3 is 2.40 bits per heavy atom. The van der Waals surface area contributed by atoms with Gasteiger partial charge in [-0.05, 0) is 43.7 Å². The first-order valence-electron chi connectivity index (χ1n) is 12.8. The summed E-state index contributed by atoms with van der Waals surface area (Å²) in [6, 6.07) is 8.72. The Balaban J connectivity index is 1.42. The molecule has 0 fully saturated rings. The Morgan fingerprint density at radius 2 is 1.76 bits per heavy atom. The van der Waals surface area contributed by atoms with E-state index in [2.05, 4.69) is 20.8 Å². The number of carbonyl (C=O) groups excluding carboxylic acids is 1. The first-order chi connectivity index (χ1) is 19.9. The molecule has 14 heteroatoms. The highest BCUT2D eigenvalue weighted by atomic mass is 35.5. The number of benzene rings is 2. The number of halogens is 5. The van der Waals surface area contributed by atoms with Crippen molar-refractivity contribution in [3.8, 4) is 11.5 Å². The fourth-order valence-electron chi connectivity index (χ4n) is 5.02. The zero-order chi connectivity index (χ0) is 30.3. The molecule has 2 aromatic carbocycles. The molecule has 0 unspecified atom stereocenters. The number of aryl methyl sites for hydroxylation is 1. The minimum absolute atomic E-state index is 0.0611. The van der Waals surface area contributed by atoms with Gasteiger partial charge in [-0.25, -0.2) is 4.68 Å². The molecule has 9 nitrogen and oxygen atoms in total. The molecule has 2 N–H and O–H groups in total. The van der Waals surface area contributed by atoms with E-state index in [4.69, 9.17) is 32.7 Å². The van der Waals surface area contributed by atoms with Crippen LogP contribution >= 0.6 is 23.2 Å². The van der Waals surface area contributed by atoms with Crippen molar-refractivity contribution < 1.29 is 27.4 Å². The second-order valence-corrected chi connectivity index (χ2v) is 10.6. The second kappa shape index (κ2) is 11.4. The molecule has 3 heterocycles. The highest BCUT2D eigenvalue weighted by Crippen LogP contribution is 2.44. The molecule has 0 aliphatic carbocycles. The Labute approximate surface area is 249 Å². The third kappa shape index (κ3) is 5.60. The standard InChI is InChI=1S/C28H27Cl2F3N6O3/c1-14-26(15(2)38(36-14)13-17-18(29)6-5-7-19(17)30)35-27(40)21-12-25-34-20(11-24(28(31,32)33)39(25)37-21)16-8-9-22(41-3)23(10-16)42-4/h5-10,12,20,24,34H,11,13H2,1-4H3,(H,35,40)/t20-,24+/m0/s1. The Kier molecular flexibility index (Phi) is 8.04. The summed E-state index contributed by atoms with van der Waals surface area (Å²) in [5.41, 5.74) is 2.59. The topological polar surface area (TPSA) is 95.2 Å². The number of aromatic nitrogens is 4. The fraction of sp³-hybridized carbons (Fsp3) is 0.321. The van der Waals surface area contributed by atoms with E-state index in [0.29, 0.717) is 49.7 Å². The van der Waals surface area contributed by atoms with Gasteiger partial charge < -0.3 is 20.1 Å². The molecule has 1 aliphatic rings. The number of anilines is 2. The van der Waals surface area contributed by atoms with E-state index in [1.165, 1.54) is 20.3 Å². The summed E-state index contributed by atoms with van der Waals surface area (Å²) >= 11 is 12.6. The molecule has 1 aliphatic heterocycles. The maximum atomic E-state index is 14.2. The van der Waals surface area contributed by atoms with Crippen LogP contribution < -0.4 is 20.1 Å². The summed E-state index contributed by atoms with van der Waals surface area (Å²) in [6.07, 6.45) is -4.95. The molecule has 0 spiro atoms. The summed E-state index contributed by atoms with van der Waals surface area (Å²) < 4.78 is 55.7. The van der Waals surface area contributed by atoms with Crippen LogP contribution in [0, 0.1) is 13.8 Å². The normalized spacial score (nSPS) is 16.5. The van der Waals surface area contributed by atoms with E-state index in [9.17, 15) is 18.0 Å².